The Hall–Kier alpha value is -1.24. The second-order valence-corrected chi connectivity index (χ2v) is 5.02. The normalized spacial score (nSPS) is 21.9. The van der Waals surface area contributed by atoms with Gasteiger partial charge in [0.25, 0.3) is 0 Å². The van der Waals surface area contributed by atoms with E-state index >= 15 is 0 Å². The van der Waals surface area contributed by atoms with Gasteiger partial charge in [-0.1, -0.05) is 12.1 Å². The molecule has 6 heteroatoms. The highest BCUT2D eigenvalue weighted by atomic mass is 19.3. The van der Waals surface area contributed by atoms with Crippen molar-refractivity contribution in [2.45, 2.75) is 31.7 Å². The van der Waals surface area contributed by atoms with Crippen molar-refractivity contribution < 1.29 is 23.7 Å². The van der Waals surface area contributed by atoms with Crippen molar-refractivity contribution in [3.8, 4) is 5.75 Å². The Bertz CT molecular complexity index is 413. The van der Waals surface area contributed by atoms with E-state index in [-0.39, 0.29) is 11.9 Å². The van der Waals surface area contributed by atoms with Gasteiger partial charge in [-0.3, -0.25) is 4.90 Å². The van der Waals surface area contributed by atoms with E-state index < -0.39 is 12.7 Å². The molecule has 2 atom stereocenters. The van der Waals surface area contributed by atoms with Crippen LogP contribution in [0.25, 0.3) is 0 Å². The fourth-order valence-electron chi connectivity index (χ4n) is 2.42. The molecule has 0 amide bonds. The quantitative estimate of drug-likeness (QED) is 0.867. The molecule has 1 aromatic carbocycles. The molecule has 0 aliphatic carbocycles. The lowest BCUT2D eigenvalue weighted by Crippen LogP contribution is -2.40. The van der Waals surface area contributed by atoms with E-state index in [0.29, 0.717) is 18.7 Å². The molecule has 0 aromatic heterocycles. The molecule has 2 unspecified atom stereocenters. The number of piperidine rings is 1. The maximum atomic E-state index is 12.0. The molecular formula is C14H19F2NO3. The molecule has 1 aromatic rings. The van der Waals surface area contributed by atoms with Gasteiger partial charge in [0.05, 0.1) is 12.2 Å². The number of aliphatic hydroxyl groups is 2. The second kappa shape index (κ2) is 6.97. The summed E-state index contributed by atoms with van der Waals surface area (Å²) in [6, 6.07) is 5.97. The molecule has 2 rings (SSSR count). The SMILES string of the molecule is OC1CCCN(CC(O)c2ccc(OC(F)F)cc2)C1. The third-order valence-corrected chi connectivity index (χ3v) is 3.40. The van der Waals surface area contributed by atoms with Crippen molar-refractivity contribution in [2.75, 3.05) is 19.6 Å². The lowest BCUT2D eigenvalue weighted by molar-refractivity contribution is -0.0498. The summed E-state index contributed by atoms with van der Waals surface area (Å²) in [4.78, 5) is 2.00. The van der Waals surface area contributed by atoms with Crippen LogP contribution in [0.1, 0.15) is 24.5 Å². The van der Waals surface area contributed by atoms with Crippen molar-refractivity contribution in [3.05, 3.63) is 29.8 Å². The number of aliphatic hydroxyl groups excluding tert-OH is 2. The van der Waals surface area contributed by atoms with Gasteiger partial charge in [-0.25, -0.2) is 0 Å². The van der Waals surface area contributed by atoms with Gasteiger partial charge in [0.2, 0.25) is 0 Å². The van der Waals surface area contributed by atoms with Crippen LogP contribution in [0, 0.1) is 0 Å². The Labute approximate surface area is 116 Å². The summed E-state index contributed by atoms with van der Waals surface area (Å²) < 4.78 is 28.3. The average Bonchev–Trinajstić information content (AvgIpc) is 2.38. The van der Waals surface area contributed by atoms with Crippen molar-refractivity contribution >= 4 is 0 Å². The molecule has 1 heterocycles. The molecule has 2 N–H and O–H groups in total. The van der Waals surface area contributed by atoms with E-state index in [4.69, 9.17) is 0 Å². The zero-order valence-electron chi connectivity index (χ0n) is 11.1. The molecule has 20 heavy (non-hydrogen) atoms. The van der Waals surface area contributed by atoms with Gasteiger partial charge in [0.1, 0.15) is 5.75 Å². The number of hydrogen-bond donors (Lipinski definition) is 2. The van der Waals surface area contributed by atoms with Crippen LogP contribution in [0.3, 0.4) is 0 Å². The molecule has 1 saturated heterocycles. The number of benzene rings is 1. The highest BCUT2D eigenvalue weighted by Gasteiger charge is 2.20. The molecule has 1 aliphatic rings. The van der Waals surface area contributed by atoms with Crippen LogP contribution in [-0.4, -0.2) is 47.5 Å². The first-order valence-electron chi connectivity index (χ1n) is 6.68. The maximum absolute atomic E-state index is 12.0. The number of nitrogens with zero attached hydrogens (tertiary/aromatic N) is 1. The largest absolute Gasteiger partial charge is 0.435 e. The summed E-state index contributed by atoms with van der Waals surface area (Å²) in [5.74, 6) is 0.0735. The lowest BCUT2D eigenvalue weighted by atomic mass is 10.1. The predicted octanol–water partition coefficient (Wildman–Crippen LogP) is 1.78. The summed E-state index contributed by atoms with van der Waals surface area (Å²) in [6.45, 7) is -1.02. The first-order valence-corrected chi connectivity index (χ1v) is 6.68. The minimum absolute atomic E-state index is 0.0735. The zero-order chi connectivity index (χ0) is 14.5. The topological polar surface area (TPSA) is 52.9 Å². The van der Waals surface area contributed by atoms with E-state index in [1.807, 2.05) is 4.90 Å². The van der Waals surface area contributed by atoms with Crippen molar-refractivity contribution in [3.63, 3.8) is 0 Å². The van der Waals surface area contributed by atoms with Gasteiger partial charge in [0.15, 0.2) is 0 Å². The van der Waals surface area contributed by atoms with Crippen molar-refractivity contribution in [1.29, 1.82) is 0 Å². The number of hydrogen-bond acceptors (Lipinski definition) is 4. The van der Waals surface area contributed by atoms with Crippen molar-refractivity contribution in [2.24, 2.45) is 0 Å². The molecule has 0 bridgehead atoms. The molecule has 112 valence electrons. The van der Waals surface area contributed by atoms with Gasteiger partial charge in [-0.2, -0.15) is 8.78 Å². The predicted molar refractivity (Wildman–Crippen MR) is 69.7 cm³/mol. The second-order valence-electron chi connectivity index (χ2n) is 5.02. The van der Waals surface area contributed by atoms with E-state index in [1.165, 1.54) is 12.1 Å². The molecule has 4 nitrogen and oxygen atoms in total. The number of halogens is 2. The Morgan fingerprint density at radius 3 is 2.60 bits per heavy atom. The molecule has 0 spiro atoms. The fourth-order valence-corrected chi connectivity index (χ4v) is 2.42. The Balaban J connectivity index is 1.90. The van der Waals surface area contributed by atoms with E-state index in [9.17, 15) is 19.0 Å². The van der Waals surface area contributed by atoms with Crippen molar-refractivity contribution in [1.82, 2.24) is 4.90 Å². The van der Waals surface area contributed by atoms with Crippen LogP contribution in [0.2, 0.25) is 0 Å². The summed E-state index contributed by atoms with van der Waals surface area (Å²) >= 11 is 0. The van der Waals surface area contributed by atoms with Gasteiger partial charge in [0, 0.05) is 13.1 Å². The highest BCUT2D eigenvalue weighted by molar-refractivity contribution is 5.28. The molecule has 0 saturated carbocycles. The third kappa shape index (κ3) is 4.40. The number of alkyl halides is 2. The lowest BCUT2D eigenvalue weighted by Gasteiger charge is -2.31. The summed E-state index contributed by atoms with van der Waals surface area (Å²) in [5, 5.41) is 19.7. The Kier molecular flexibility index (Phi) is 5.28. The summed E-state index contributed by atoms with van der Waals surface area (Å²) in [5.41, 5.74) is 0.645. The molecule has 1 aliphatic heterocycles. The summed E-state index contributed by atoms with van der Waals surface area (Å²) in [6.07, 6.45) is 0.667. The number of β-amino-alcohol motifs (C(OH)–C–C–N with tert-alkyl or cyclic N) is 2. The van der Waals surface area contributed by atoms with Crippen LogP contribution >= 0.6 is 0 Å². The van der Waals surface area contributed by atoms with Gasteiger partial charge in [-0.15, -0.1) is 0 Å². The van der Waals surface area contributed by atoms with Crippen LogP contribution in [0.4, 0.5) is 8.78 Å². The van der Waals surface area contributed by atoms with Gasteiger partial charge < -0.3 is 14.9 Å². The first kappa shape index (κ1) is 15.2. The van der Waals surface area contributed by atoms with Gasteiger partial charge >= 0.3 is 6.61 Å². The number of ether oxygens (including phenoxy) is 1. The van der Waals surface area contributed by atoms with Gasteiger partial charge in [-0.05, 0) is 37.1 Å². The molecular weight excluding hydrogens is 268 g/mol. The van der Waals surface area contributed by atoms with Crippen LogP contribution < -0.4 is 4.74 Å². The van der Waals surface area contributed by atoms with E-state index in [2.05, 4.69) is 4.74 Å². The van der Waals surface area contributed by atoms with E-state index in [0.717, 1.165) is 19.4 Å². The third-order valence-electron chi connectivity index (χ3n) is 3.40. The Morgan fingerprint density at radius 1 is 1.30 bits per heavy atom. The number of rotatable bonds is 5. The standard InChI is InChI=1S/C14H19F2NO3/c15-14(16)20-12-5-3-10(4-6-12)13(19)9-17-7-1-2-11(18)8-17/h3-6,11,13-14,18-19H,1-2,7-9H2. The maximum Gasteiger partial charge on any atom is 0.387 e. The van der Waals surface area contributed by atoms with Crippen LogP contribution in [0.5, 0.6) is 5.75 Å². The number of likely N-dealkylation sites (tertiary alicyclic amines) is 1. The molecule has 1 fully saturated rings. The minimum atomic E-state index is -2.85. The van der Waals surface area contributed by atoms with Crippen LogP contribution in [0.15, 0.2) is 24.3 Å². The van der Waals surface area contributed by atoms with E-state index in [1.54, 1.807) is 12.1 Å². The zero-order valence-corrected chi connectivity index (χ0v) is 11.1. The van der Waals surface area contributed by atoms with Crippen LogP contribution in [-0.2, 0) is 0 Å². The summed E-state index contributed by atoms with van der Waals surface area (Å²) in [7, 11) is 0. The fraction of sp³-hybridized carbons (Fsp3) is 0.571. The first-order chi connectivity index (χ1) is 9.54. The Morgan fingerprint density at radius 2 is 2.00 bits per heavy atom. The monoisotopic (exact) mass is 287 g/mol. The minimum Gasteiger partial charge on any atom is -0.435 e. The smallest absolute Gasteiger partial charge is 0.387 e. The average molecular weight is 287 g/mol. The highest BCUT2D eigenvalue weighted by Crippen LogP contribution is 2.21. The molecule has 0 radical (unpaired) electrons.